The Bertz CT molecular complexity index is 546. The van der Waals surface area contributed by atoms with E-state index >= 15 is 0 Å². The molecule has 0 saturated heterocycles. The van der Waals surface area contributed by atoms with Crippen molar-refractivity contribution in [1.29, 1.82) is 0 Å². The normalized spacial score (nSPS) is 9.93. The van der Waals surface area contributed by atoms with Gasteiger partial charge in [-0.05, 0) is 17.7 Å². The van der Waals surface area contributed by atoms with Crippen LogP contribution < -0.4 is 0 Å². The lowest BCUT2D eigenvalue weighted by Gasteiger charge is -2.04. The molecule has 74 valence electrons. The summed E-state index contributed by atoms with van der Waals surface area (Å²) in [6, 6.07) is 7.48. The first kappa shape index (κ1) is 9.77. The average molecular weight is 219 g/mol. The van der Waals surface area contributed by atoms with E-state index in [1.807, 2.05) is 18.2 Å². The molecular formula is C10H7ClN4. The maximum atomic E-state index is 8.29. The zero-order valence-electron chi connectivity index (χ0n) is 7.76. The van der Waals surface area contributed by atoms with Crippen LogP contribution in [0, 0.1) is 0 Å². The number of aromatic nitrogens is 1. The summed E-state index contributed by atoms with van der Waals surface area (Å²) in [5.74, 6) is 0. The smallest absolute Gasteiger partial charge is 0.0750 e. The summed E-state index contributed by atoms with van der Waals surface area (Å²) in [5, 5.41) is 5.08. The standard InChI is InChI=1S/C10H7ClN4/c11-9-4-3-7-2-1-5-13-10(7)8(9)6-14-15-12/h1-5H,6H2. The van der Waals surface area contributed by atoms with Gasteiger partial charge in [-0.2, -0.15) is 0 Å². The van der Waals surface area contributed by atoms with Crippen LogP contribution in [0.3, 0.4) is 0 Å². The van der Waals surface area contributed by atoms with Gasteiger partial charge in [-0.1, -0.05) is 28.8 Å². The predicted octanol–water partition coefficient (Wildman–Crippen LogP) is 3.70. The minimum atomic E-state index is 0.226. The minimum absolute atomic E-state index is 0.226. The molecule has 0 spiro atoms. The lowest BCUT2D eigenvalue weighted by Crippen LogP contribution is -1.88. The molecule has 0 aliphatic rings. The number of azide groups is 1. The van der Waals surface area contributed by atoms with Gasteiger partial charge in [0.2, 0.25) is 0 Å². The van der Waals surface area contributed by atoms with Gasteiger partial charge >= 0.3 is 0 Å². The molecule has 15 heavy (non-hydrogen) atoms. The van der Waals surface area contributed by atoms with Crippen molar-refractivity contribution in [3.63, 3.8) is 0 Å². The molecule has 2 aromatic rings. The van der Waals surface area contributed by atoms with Crippen LogP contribution in [-0.4, -0.2) is 4.98 Å². The topological polar surface area (TPSA) is 61.7 Å². The molecule has 1 heterocycles. The molecule has 0 saturated carbocycles. The molecule has 4 nitrogen and oxygen atoms in total. The third-order valence-electron chi connectivity index (χ3n) is 2.11. The summed E-state index contributed by atoms with van der Waals surface area (Å²) in [6.45, 7) is 0.226. The number of hydrogen-bond acceptors (Lipinski definition) is 2. The van der Waals surface area contributed by atoms with Crippen LogP contribution in [0.25, 0.3) is 21.3 Å². The highest BCUT2D eigenvalue weighted by atomic mass is 35.5. The van der Waals surface area contributed by atoms with E-state index in [1.54, 1.807) is 12.3 Å². The van der Waals surface area contributed by atoms with E-state index in [1.165, 1.54) is 0 Å². The molecule has 2 rings (SSSR count). The summed E-state index contributed by atoms with van der Waals surface area (Å²) in [6.07, 6.45) is 1.69. The maximum Gasteiger partial charge on any atom is 0.0750 e. The largest absolute Gasteiger partial charge is 0.256 e. The summed E-state index contributed by atoms with van der Waals surface area (Å²) >= 11 is 6.02. The van der Waals surface area contributed by atoms with Gasteiger partial charge in [-0.3, -0.25) is 4.98 Å². The average Bonchev–Trinajstić information content (AvgIpc) is 2.28. The van der Waals surface area contributed by atoms with E-state index in [0.717, 1.165) is 16.5 Å². The van der Waals surface area contributed by atoms with Crippen LogP contribution in [0.1, 0.15) is 5.56 Å². The van der Waals surface area contributed by atoms with Gasteiger partial charge in [0, 0.05) is 27.1 Å². The first-order chi connectivity index (χ1) is 7.33. The number of rotatable bonds is 2. The van der Waals surface area contributed by atoms with Gasteiger partial charge in [0.25, 0.3) is 0 Å². The monoisotopic (exact) mass is 218 g/mol. The zero-order chi connectivity index (χ0) is 10.7. The van der Waals surface area contributed by atoms with Crippen molar-refractivity contribution in [2.75, 3.05) is 0 Å². The lowest BCUT2D eigenvalue weighted by atomic mass is 10.1. The van der Waals surface area contributed by atoms with Crippen LogP contribution in [0.2, 0.25) is 5.02 Å². The Kier molecular flexibility index (Phi) is 2.72. The number of fused-ring (bicyclic) bond motifs is 1. The predicted molar refractivity (Wildman–Crippen MR) is 59.6 cm³/mol. The summed E-state index contributed by atoms with van der Waals surface area (Å²) < 4.78 is 0. The molecule has 1 aromatic heterocycles. The van der Waals surface area contributed by atoms with E-state index in [4.69, 9.17) is 17.1 Å². The Morgan fingerprint density at radius 1 is 1.40 bits per heavy atom. The number of nitrogens with zero attached hydrogens (tertiary/aromatic N) is 4. The quantitative estimate of drug-likeness (QED) is 0.431. The highest BCUT2D eigenvalue weighted by Crippen LogP contribution is 2.25. The lowest BCUT2D eigenvalue weighted by molar-refractivity contribution is 1.05. The Morgan fingerprint density at radius 3 is 3.07 bits per heavy atom. The summed E-state index contributed by atoms with van der Waals surface area (Å²) in [4.78, 5) is 6.94. The fourth-order valence-corrected chi connectivity index (χ4v) is 1.65. The van der Waals surface area contributed by atoms with Crippen molar-refractivity contribution < 1.29 is 0 Å². The van der Waals surface area contributed by atoms with Crippen LogP contribution in [0.15, 0.2) is 35.6 Å². The van der Waals surface area contributed by atoms with E-state index in [2.05, 4.69) is 15.0 Å². The third-order valence-corrected chi connectivity index (χ3v) is 2.47. The van der Waals surface area contributed by atoms with Crippen molar-refractivity contribution in [3.8, 4) is 0 Å². The van der Waals surface area contributed by atoms with Crippen molar-refractivity contribution in [1.82, 2.24) is 4.98 Å². The van der Waals surface area contributed by atoms with Gasteiger partial charge in [0.05, 0.1) is 12.1 Å². The Morgan fingerprint density at radius 2 is 2.27 bits per heavy atom. The summed E-state index contributed by atoms with van der Waals surface area (Å²) in [7, 11) is 0. The number of hydrogen-bond donors (Lipinski definition) is 0. The molecule has 0 atom stereocenters. The van der Waals surface area contributed by atoms with Crippen LogP contribution in [0.4, 0.5) is 0 Å². The molecule has 0 unspecified atom stereocenters. The van der Waals surface area contributed by atoms with Gasteiger partial charge in [0.15, 0.2) is 0 Å². The number of benzene rings is 1. The van der Waals surface area contributed by atoms with Gasteiger partial charge < -0.3 is 0 Å². The molecule has 0 N–H and O–H groups in total. The van der Waals surface area contributed by atoms with Crippen molar-refractivity contribution >= 4 is 22.5 Å². The molecule has 0 aliphatic heterocycles. The first-order valence-corrected chi connectivity index (χ1v) is 4.73. The van der Waals surface area contributed by atoms with Crippen molar-refractivity contribution in [3.05, 3.63) is 51.5 Å². The zero-order valence-corrected chi connectivity index (χ0v) is 8.52. The van der Waals surface area contributed by atoms with Gasteiger partial charge in [0.1, 0.15) is 0 Å². The van der Waals surface area contributed by atoms with E-state index in [-0.39, 0.29) is 6.54 Å². The minimum Gasteiger partial charge on any atom is -0.256 e. The van der Waals surface area contributed by atoms with E-state index in [0.29, 0.717) is 5.02 Å². The Labute approximate surface area is 91.1 Å². The first-order valence-electron chi connectivity index (χ1n) is 4.36. The number of halogens is 1. The van der Waals surface area contributed by atoms with E-state index < -0.39 is 0 Å². The maximum absolute atomic E-state index is 8.29. The Balaban J connectivity index is 2.67. The molecule has 0 radical (unpaired) electrons. The molecule has 5 heteroatoms. The molecule has 0 bridgehead atoms. The molecule has 0 amide bonds. The van der Waals surface area contributed by atoms with Gasteiger partial charge in [-0.25, -0.2) is 0 Å². The van der Waals surface area contributed by atoms with Crippen molar-refractivity contribution in [2.24, 2.45) is 5.11 Å². The second-order valence-corrected chi connectivity index (χ2v) is 3.40. The van der Waals surface area contributed by atoms with E-state index in [9.17, 15) is 0 Å². The molecule has 1 aromatic carbocycles. The van der Waals surface area contributed by atoms with Gasteiger partial charge in [-0.15, -0.1) is 0 Å². The second-order valence-electron chi connectivity index (χ2n) is 2.99. The van der Waals surface area contributed by atoms with Crippen molar-refractivity contribution in [2.45, 2.75) is 6.54 Å². The fraction of sp³-hybridized carbons (Fsp3) is 0.100. The fourth-order valence-electron chi connectivity index (χ4n) is 1.43. The SMILES string of the molecule is [N-]=[N+]=NCc1c(Cl)ccc2cccnc12. The summed E-state index contributed by atoms with van der Waals surface area (Å²) in [5.41, 5.74) is 9.85. The Hall–Kier alpha value is -1.77. The molecular weight excluding hydrogens is 212 g/mol. The second kappa shape index (κ2) is 4.17. The number of pyridine rings is 1. The van der Waals surface area contributed by atoms with Crippen LogP contribution in [-0.2, 0) is 6.54 Å². The van der Waals surface area contributed by atoms with Crippen LogP contribution >= 0.6 is 11.6 Å². The highest BCUT2D eigenvalue weighted by Gasteiger charge is 2.05. The van der Waals surface area contributed by atoms with Crippen LogP contribution in [0.5, 0.6) is 0 Å². The molecule has 0 fully saturated rings. The molecule has 0 aliphatic carbocycles. The third kappa shape index (κ3) is 1.86. The highest BCUT2D eigenvalue weighted by molar-refractivity contribution is 6.32.